The molecule has 1 saturated heterocycles. The summed E-state index contributed by atoms with van der Waals surface area (Å²) < 4.78 is 0. The van der Waals surface area contributed by atoms with Gasteiger partial charge in [-0.25, -0.2) is 9.59 Å². The Kier molecular flexibility index (Phi) is 7.15. The number of urea groups is 1. The summed E-state index contributed by atoms with van der Waals surface area (Å²) in [6, 6.07) is 19.3. The van der Waals surface area contributed by atoms with Gasteiger partial charge in [-0.1, -0.05) is 30.3 Å². The maximum Gasteiger partial charge on any atom is 0.326 e. The van der Waals surface area contributed by atoms with Crippen molar-refractivity contribution in [2.24, 2.45) is 0 Å². The Morgan fingerprint density at radius 2 is 1.40 bits per heavy atom. The number of hydrogen-bond donors (Lipinski definition) is 3. The van der Waals surface area contributed by atoms with Gasteiger partial charge < -0.3 is 20.6 Å². The minimum Gasteiger partial charge on any atom is -0.480 e. The fourth-order valence-corrected chi connectivity index (χ4v) is 4.26. The van der Waals surface area contributed by atoms with Crippen molar-refractivity contribution in [3.63, 3.8) is 0 Å². The Balaban J connectivity index is 1.39. The molecule has 0 aliphatic carbocycles. The monoisotopic (exact) mass is 471 g/mol. The van der Waals surface area contributed by atoms with Gasteiger partial charge in [0, 0.05) is 23.5 Å². The van der Waals surface area contributed by atoms with E-state index in [-0.39, 0.29) is 11.9 Å². The van der Waals surface area contributed by atoms with Crippen molar-refractivity contribution in [2.75, 3.05) is 17.2 Å². The Morgan fingerprint density at radius 1 is 0.800 bits per heavy atom. The third kappa shape index (κ3) is 5.69. The standard InChI is InChI=1S/C28H29N3O4/c1-18-6-13-24(17-19(18)2)30-28(35)29-23-14-11-21(12-15-23)20-7-9-22(10-8-20)26(32)31-16-4-3-5-25(31)27(33)34/h6-15,17,25H,3-5,16H2,1-2H3,(H,33,34)(H2,29,30,35)/t25-/m0/s1. The van der Waals surface area contributed by atoms with Crippen LogP contribution in [0.15, 0.2) is 66.7 Å². The average Bonchev–Trinajstić information content (AvgIpc) is 2.86. The van der Waals surface area contributed by atoms with E-state index in [0.717, 1.165) is 35.2 Å². The molecule has 35 heavy (non-hydrogen) atoms. The number of likely N-dealkylation sites (tertiary alicyclic amines) is 1. The number of nitrogens with one attached hydrogen (secondary N) is 2. The maximum atomic E-state index is 12.9. The predicted molar refractivity (Wildman–Crippen MR) is 137 cm³/mol. The summed E-state index contributed by atoms with van der Waals surface area (Å²) in [5.41, 5.74) is 6.00. The Morgan fingerprint density at radius 3 is 2.03 bits per heavy atom. The van der Waals surface area contributed by atoms with E-state index in [9.17, 15) is 19.5 Å². The minimum absolute atomic E-state index is 0.252. The van der Waals surface area contributed by atoms with E-state index in [1.54, 1.807) is 12.1 Å². The SMILES string of the molecule is Cc1ccc(NC(=O)Nc2ccc(-c3ccc(C(=O)N4CCCC[C@H]4C(=O)O)cc3)cc2)cc1C. The van der Waals surface area contributed by atoms with Crippen LogP contribution in [0.2, 0.25) is 0 Å². The van der Waals surface area contributed by atoms with Crippen molar-refractivity contribution in [1.82, 2.24) is 4.90 Å². The van der Waals surface area contributed by atoms with Gasteiger partial charge in [0.05, 0.1) is 0 Å². The molecule has 1 fully saturated rings. The smallest absolute Gasteiger partial charge is 0.326 e. The molecule has 4 rings (SSSR count). The van der Waals surface area contributed by atoms with Crippen LogP contribution in [0, 0.1) is 13.8 Å². The Bertz CT molecular complexity index is 1240. The summed E-state index contributed by atoms with van der Waals surface area (Å²) in [5, 5.41) is 15.1. The second-order valence-electron chi connectivity index (χ2n) is 8.88. The number of anilines is 2. The second kappa shape index (κ2) is 10.4. The number of rotatable bonds is 5. The fraction of sp³-hybridized carbons (Fsp3) is 0.250. The molecule has 3 amide bonds. The molecule has 0 aromatic heterocycles. The van der Waals surface area contributed by atoms with Gasteiger partial charge in [0.15, 0.2) is 0 Å². The van der Waals surface area contributed by atoms with Gasteiger partial charge >= 0.3 is 12.0 Å². The molecule has 0 spiro atoms. The first-order valence-corrected chi connectivity index (χ1v) is 11.7. The minimum atomic E-state index is -0.953. The molecule has 7 nitrogen and oxygen atoms in total. The number of aryl methyl sites for hydroxylation is 2. The zero-order valence-corrected chi connectivity index (χ0v) is 19.9. The lowest BCUT2D eigenvalue weighted by Gasteiger charge is -2.33. The molecule has 3 aromatic rings. The van der Waals surface area contributed by atoms with E-state index in [1.165, 1.54) is 10.5 Å². The van der Waals surface area contributed by atoms with Crippen molar-refractivity contribution in [2.45, 2.75) is 39.2 Å². The number of aliphatic carboxylic acids is 1. The van der Waals surface area contributed by atoms with Crippen molar-refractivity contribution in [1.29, 1.82) is 0 Å². The van der Waals surface area contributed by atoms with Crippen molar-refractivity contribution >= 4 is 29.3 Å². The number of hydrogen-bond acceptors (Lipinski definition) is 3. The largest absolute Gasteiger partial charge is 0.480 e. The van der Waals surface area contributed by atoms with Crippen LogP contribution in [0.25, 0.3) is 11.1 Å². The van der Waals surface area contributed by atoms with E-state index >= 15 is 0 Å². The third-order valence-electron chi connectivity index (χ3n) is 6.42. The average molecular weight is 472 g/mol. The number of carbonyl (C=O) groups excluding carboxylic acids is 2. The van der Waals surface area contributed by atoms with E-state index < -0.39 is 12.0 Å². The van der Waals surface area contributed by atoms with Gasteiger partial charge in [-0.05, 0) is 91.8 Å². The highest BCUT2D eigenvalue weighted by Gasteiger charge is 2.32. The normalized spacial score (nSPS) is 15.4. The first-order chi connectivity index (χ1) is 16.8. The maximum absolute atomic E-state index is 12.9. The molecule has 1 aliphatic rings. The van der Waals surface area contributed by atoms with Gasteiger partial charge in [0.2, 0.25) is 0 Å². The van der Waals surface area contributed by atoms with Gasteiger partial charge in [-0.3, -0.25) is 4.79 Å². The molecular formula is C28H29N3O4. The van der Waals surface area contributed by atoms with Crippen LogP contribution >= 0.6 is 0 Å². The highest BCUT2D eigenvalue weighted by atomic mass is 16.4. The molecule has 1 atom stereocenters. The molecule has 0 radical (unpaired) electrons. The molecule has 0 bridgehead atoms. The number of amides is 3. The molecule has 3 N–H and O–H groups in total. The van der Waals surface area contributed by atoms with Crippen LogP contribution in [0.4, 0.5) is 16.2 Å². The second-order valence-corrected chi connectivity index (χ2v) is 8.88. The van der Waals surface area contributed by atoms with E-state index in [1.807, 2.05) is 68.4 Å². The summed E-state index contributed by atoms with van der Waals surface area (Å²) >= 11 is 0. The lowest BCUT2D eigenvalue weighted by Crippen LogP contribution is -2.47. The first-order valence-electron chi connectivity index (χ1n) is 11.7. The molecule has 0 saturated carbocycles. The lowest BCUT2D eigenvalue weighted by atomic mass is 9.99. The number of carboxylic acid groups (broad SMARTS) is 1. The van der Waals surface area contributed by atoms with Gasteiger partial charge in [0.25, 0.3) is 5.91 Å². The van der Waals surface area contributed by atoms with Crippen LogP contribution in [0.3, 0.4) is 0 Å². The lowest BCUT2D eigenvalue weighted by molar-refractivity contribution is -0.143. The van der Waals surface area contributed by atoms with Crippen molar-refractivity contribution in [3.8, 4) is 11.1 Å². The molecular weight excluding hydrogens is 442 g/mol. The molecule has 3 aromatic carbocycles. The highest BCUT2D eigenvalue weighted by Crippen LogP contribution is 2.24. The van der Waals surface area contributed by atoms with Gasteiger partial charge in [0.1, 0.15) is 6.04 Å². The molecule has 1 heterocycles. The first kappa shape index (κ1) is 24.0. The fourth-order valence-electron chi connectivity index (χ4n) is 4.26. The molecule has 0 unspecified atom stereocenters. The number of nitrogens with zero attached hydrogens (tertiary/aromatic N) is 1. The number of carboxylic acids is 1. The zero-order valence-electron chi connectivity index (χ0n) is 19.9. The Labute approximate surface area is 204 Å². The van der Waals surface area contributed by atoms with Crippen LogP contribution in [-0.4, -0.2) is 40.5 Å². The Hall–Kier alpha value is -4.13. The van der Waals surface area contributed by atoms with E-state index in [4.69, 9.17) is 0 Å². The summed E-state index contributed by atoms with van der Waals surface area (Å²) in [6.45, 7) is 4.48. The van der Waals surface area contributed by atoms with Crippen LogP contribution < -0.4 is 10.6 Å². The van der Waals surface area contributed by atoms with Crippen molar-refractivity contribution < 1.29 is 19.5 Å². The number of piperidine rings is 1. The summed E-state index contributed by atoms with van der Waals surface area (Å²) in [6.07, 6.45) is 2.12. The van der Waals surface area contributed by atoms with E-state index in [2.05, 4.69) is 10.6 Å². The number of carbonyl (C=O) groups is 3. The quantitative estimate of drug-likeness (QED) is 0.445. The molecule has 7 heteroatoms. The highest BCUT2D eigenvalue weighted by molar-refractivity contribution is 6.00. The molecule has 1 aliphatic heterocycles. The van der Waals surface area contributed by atoms with Crippen molar-refractivity contribution in [3.05, 3.63) is 83.4 Å². The topological polar surface area (TPSA) is 98.7 Å². The van der Waals surface area contributed by atoms with Gasteiger partial charge in [-0.2, -0.15) is 0 Å². The third-order valence-corrected chi connectivity index (χ3v) is 6.42. The summed E-state index contributed by atoms with van der Waals surface area (Å²) in [5.74, 6) is -1.20. The van der Waals surface area contributed by atoms with E-state index in [0.29, 0.717) is 24.2 Å². The molecule has 180 valence electrons. The van der Waals surface area contributed by atoms with Crippen LogP contribution in [0.5, 0.6) is 0 Å². The predicted octanol–water partition coefficient (Wildman–Crippen LogP) is 5.69. The van der Waals surface area contributed by atoms with Crippen LogP contribution in [-0.2, 0) is 4.79 Å². The summed E-state index contributed by atoms with van der Waals surface area (Å²) in [4.78, 5) is 38.2. The summed E-state index contributed by atoms with van der Waals surface area (Å²) in [7, 11) is 0. The zero-order chi connectivity index (χ0) is 24.9. The van der Waals surface area contributed by atoms with Gasteiger partial charge in [-0.15, -0.1) is 0 Å². The number of benzene rings is 3. The van der Waals surface area contributed by atoms with Crippen LogP contribution in [0.1, 0.15) is 40.7 Å².